The van der Waals surface area contributed by atoms with Crippen LogP contribution in [0, 0.1) is 11.8 Å². The third-order valence-electron chi connectivity index (χ3n) is 5.24. The predicted molar refractivity (Wildman–Crippen MR) is 107 cm³/mol. The van der Waals surface area contributed by atoms with Crippen molar-refractivity contribution < 1.29 is 9.53 Å². The molecule has 1 aromatic carbocycles. The number of benzene rings is 1. The summed E-state index contributed by atoms with van der Waals surface area (Å²) in [6.07, 6.45) is 2.20. The Kier molecular flexibility index (Phi) is 5.53. The van der Waals surface area contributed by atoms with Gasteiger partial charge in [0, 0.05) is 24.0 Å². The van der Waals surface area contributed by atoms with Crippen molar-refractivity contribution in [1.82, 2.24) is 15.4 Å². The summed E-state index contributed by atoms with van der Waals surface area (Å²) < 4.78 is 5.05. The summed E-state index contributed by atoms with van der Waals surface area (Å²) in [5, 5.41) is 12.9. The zero-order valence-electron chi connectivity index (χ0n) is 14.8. The number of thioether (sulfide) groups is 1. The lowest BCUT2D eigenvalue weighted by atomic mass is 10.0. The molecule has 27 heavy (non-hydrogen) atoms. The number of esters is 1. The number of halogens is 2. The van der Waals surface area contributed by atoms with E-state index in [2.05, 4.69) is 20.3 Å². The first kappa shape index (κ1) is 18.9. The number of aromatic amines is 1. The second-order valence-electron chi connectivity index (χ2n) is 6.93. The average Bonchev–Trinajstić information content (AvgIpc) is 3.32. The van der Waals surface area contributed by atoms with Crippen LogP contribution in [0.3, 0.4) is 0 Å². The van der Waals surface area contributed by atoms with Crippen LogP contribution in [0.4, 0.5) is 5.69 Å². The van der Waals surface area contributed by atoms with E-state index in [0.717, 1.165) is 31.6 Å². The predicted octanol–water partition coefficient (Wildman–Crippen LogP) is 4.30. The maximum absolute atomic E-state index is 12.0. The first-order valence-corrected chi connectivity index (χ1v) is 10.6. The Morgan fingerprint density at radius 1 is 1.26 bits per heavy atom. The number of aromatic nitrogens is 3. The summed E-state index contributed by atoms with van der Waals surface area (Å²) in [5.41, 5.74) is 1.42. The SMILES string of the molecule is CCOC(=O)c1n[nH]nc1SC1C[C@@H]2CN(c3ccc(Cl)c(Cl)c3)C[C@@H]2C1. The van der Waals surface area contributed by atoms with Crippen LogP contribution < -0.4 is 4.90 Å². The highest BCUT2D eigenvalue weighted by Gasteiger charge is 2.42. The molecule has 0 spiro atoms. The van der Waals surface area contributed by atoms with E-state index < -0.39 is 5.97 Å². The first-order chi connectivity index (χ1) is 13.0. The van der Waals surface area contributed by atoms with E-state index in [0.29, 0.717) is 38.8 Å². The van der Waals surface area contributed by atoms with Crippen LogP contribution in [0.15, 0.2) is 23.2 Å². The molecule has 3 atom stereocenters. The minimum absolute atomic E-state index is 0.288. The summed E-state index contributed by atoms with van der Waals surface area (Å²) in [4.78, 5) is 14.4. The Bertz CT molecular complexity index is 833. The molecule has 1 saturated heterocycles. The normalized spacial score (nSPS) is 24.3. The zero-order valence-corrected chi connectivity index (χ0v) is 17.2. The Labute approximate surface area is 171 Å². The van der Waals surface area contributed by atoms with E-state index in [4.69, 9.17) is 27.9 Å². The van der Waals surface area contributed by atoms with Crippen LogP contribution in [0.5, 0.6) is 0 Å². The lowest BCUT2D eigenvalue weighted by molar-refractivity contribution is 0.0515. The van der Waals surface area contributed by atoms with Gasteiger partial charge in [0.15, 0.2) is 5.03 Å². The third-order valence-corrected chi connectivity index (χ3v) is 7.20. The van der Waals surface area contributed by atoms with Gasteiger partial charge in [0.05, 0.1) is 16.7 Å². The van der Waals surface area contributed by atoms with Gasteiger partial charge in [-0.2, -0.15) is 5.21 Å². The molecule has 144 valence electrons. The lowest BCUT2D eigenvalue weighted by Gasteiger charge is -2.21. The largest absolute Gasteiger partial charge is 0.461 e. The van der Waals surface area contributed by atoms with Crippen LogP contribution in [-0.4, -0.2) is 46.3 Å². The van der Waals surface area contributed by atoms with Crippen LogP contribution >= 0.6 is 35.0 Å². The minimum Gasteiger partial charge on any atom is -0.461 e. The fraction of sp³-hybridized carbons (Fsp3) is 0.500. The topological polar surface area (TPSA) is 71.1 Å². The van der Waals surface area contributed by atoms with Gasteiger partial charge in [0.1, 0.15) is 0 Å². The summed E-state index contributed by atoms with van der Waals surface area (Å²) in [5.74, 6) is 0.850. The highest BCUT2D eigenvalue weighted by molar-refractivity contribution is 7.99. The standard InChI is InChI=1S/C18H20Cl2N4O2S/c1-2-26-18(25)16-17(22-23-21-16)27-13-5-10-8-24(9-11(10)6-13)12-3-4-14(19)15(20)7-12/h3-4,7,10-11,13H,2,5-6,8-9H2,1H3,(H,21,22,23)/t10-,11+,13?. The molecule has 0 amide bonds. The Balaban J connectivity index is 1.37. The number of anilines is 1. The van der Waals surface area contributed by atoms with Crippen LogP contribution in [0.25, 0.3) is 0 Å². The van der Waals surface area contributed by atoms with Gasteiger partial charge in [0.2, 0.25) is 5.69 Å². The highest BCUT2D eigenvalue weighted by Crippen LogP contribution is 2.46. The number of hydrogen-bond donors (Lipinski definition) is 1. The molecule has 1 aromatic heterocycles. The van der Waals surface area contributed by atoms with Gasteiger partial charge in [0.25, 0.3) is 0 Å². The third kappa shape index (κ3) is 3.91. The molecule has 9 heteroatoms. The second-order valence-corrected chi connectivity index (χ2v) is 9.04. The fourth-order valence-corrected chi connectivity index (χ4v) is 5.66. The van der Waals surface area contributed by atoms with Crippen molar-refractivity contribution in [2.75, 3.05) is 24.6 Å². The van der Waals surface area contributed by atoms with E-state index in [1.165, 1.54) is 0 Å². The van der Waals surface area contributed by atoms with Crippen LogP contribution in [-0.2, 0) is 4.74 Å². The molecule has 2 aliphatic rings. The van der Waals surface area contributed by atoms with Crippen molar-refractivity contribution in [2.24, 2.45) is 11.8 Å². The Morgan fingerprint density at radius 3 is 2.67 bits per heavy atom. The maximum Gasteiger partial charge on any atom is 0.361 e. The van der Waals surface area contributed by atoms with Gasteiger partial charge in [-0.15, -0.1) is 10.2 Å². The van der Waals surface area contributed by atoms with Gasteiger partial charge in [-0.05, 0) is 49.8 Å². The monoisotopic (exact) mass is 426 g/mol. The first-order valence-electron chi connectivity index (χ1n) is 8.99. The second kappa shape index (κ2) is 7.89. The summed E-state index contributed by atoms with van der Waals surface area (Å²) in [6.45, 7) is 4.14. The number of nitrogens with one attached hydrogen (secondary N) is 1. The Morgan fingerprint density at radius 2 is 2.00 bits per heavy atom. The molecule has 1 aliphatic carbocycles. The van der Waals surface area contributed by atoms with Gasteiger partial charge in [-0.3, -0.25) is 0 Å². The number of H-pyrrole nitrogens is 1. The lowest BCUT2D eigenvalue weighted by Crippen LogP contribution is -2.22. The van der Waals surface area contributed by atoms with Crippen molar-refractivity contribution >= 4 is 46.6 Å². The molecule has 1 N–H and O–H groups in total. The van der Waals surface area contributed by atoms with Gasteiger partial charge in [-0.25, -0.2) is 4.79 Å². The van der Waals surface area contributed by atoms with E-state index >= 15 is 0 Å². The quantitative estimate of drug-likeness (QED) is 0.718. The van der Waals surface area contributed by atoms with Gasteiger partial charge in [-0.1, -0.05) is 35.0 Å². The number of nitrogens with zero attached hydrogens (tertiary/aromatic N) is 3. The molecule has 1 unspecified atom stereocenters. The molecule has 2 aromatic rings. The number of rotatable bonds is 5. The van der Waals surface area contributed by atoms with Crippen LogP contribution in [0.2, 0.25) is 10.0 Å². The average molecular weight is 427 g/mol. The molecule has 1 aliphatic heterocycles. The van der Waals surface area contributed by atoms with E-state index in [9.17, 15) is 4.79 Å². The fourth-order valence-electron chi connectivity index (χ4n) is 4.03. The number of carbonyl (C=O) groups excluding carboxylic acids is 1. The molecule has 6 nitrogen and oxygen atoms in total. The highest BCUT2D eigenvalue weighted by atomic mass is 35.5. The molecular weight excluding hydrogens is 407 g/mol. The zero-order chi connectivity index (χ0) is 19.0. The molecule has 2 heterocycles. The summed E-state index contributed by atoms with van der Waals surface area (Å²) in [7, 11) is 0. The molecule has 0 radical (unpaired) electrons. The molecule has 1 saturated carbocycles. The van der Waals surface area contributed by atoms with Crippen LogP contribution in [0.1, 0.15) is 30.3 Å². The molecule has 2 fully saturated rings. The summed E-state index contributed by atoms with van der Waals surface area (Å²) in [6, 6.07) is 5.83. The number of fused-ring (bicyclic) bond motifs is 1. The summed E-state index contributed by atoms with van der Waals surface area (Å²) >= 11 is 13.8. The molecular formula is C18H20Cl2N4O2S. The minimum atomic E-state index is -0.419. The van der Waals surface area contributed by atoms with E-state index in [1.807, 2.05) is 18.2 Å². The van der Waals surface area contributed by atoms with Crippen molar-refractivity contribution in [1.29, 1.82) is 0 Å². The number of carbonyl (C=O) groups is 1. The smallest absolute Gasteiger partial charge is 0.361 e. The number of hydrogen-bond acceptors (Lipinski definition) is 6. The van der Waals surface area contributed by atoms with Crippen molar-refractivity contribution in [3.63, 3.8) is 0 Å². The maximum atomic E-state index is 12.0. The molecule has 4 rings (SSSR count). The Hall–Kier alpha value is -1.44. The number of ether oxygens (including phenoxy) is 1. The van der Waals surface area contributed by atoms with E-state index in [-0.39, 0.29) is 5.69 Å². The van der Waals surface area contributed by atoms with E-state index in [1.54, 1.807) is 18.7 Å². The van der Waals surface area contributed by atoms with Crippen molar-refractivity contribution in [2.45, 2.75) is 30.0 Å². The van der Waals surface area contributed by atoms with Gasteiger partial charge < -0.3 is 9.64 Å². The van der Waals surface area contributed by atoms with Gasteiger partial charge >= 0.3 is 5.97 Å². The molecule has 0 bridgehead atoms. The van der Waals surface area contributed by atoms with Crippen molar-refractivity contribution in [3.8, 4) is 0 Å². The van der Waals surface area contributed by atoms with Crippen molar-refractivity contribution in [3.05, 3.63) is 33.9 Å².